The molecule has 1 unspecified atom stereocenters. The molecule has 0 amide bonds. The summed E-state index contributed by atoms with van der Waals surface area (Å²) in [5, 5.41) is 14.2. The summed E-state index contributed by atoms with van der Waals surface area (Å²) < 4.78 is 5.06. The van der Waals surface area contributed by atoms with Crippen LogP contribution in [0.5, 0.6) is 5.75 Å². The van der Waals surface area contributed by atoms with E-state index in [2.05, 4.69) is 12.2 Å². The van der Waals surface area contributed by atoms with Crippen molar-refractivity contribution in [1.29, 1.82) is 0 Å². The van der Waals surface area contributed by atoms with Crippen molar-refractivity contribution in [3.05, 3.63) is 28.3 Å². The lowest BCUT2D eigenvalue weighted by atomic mass is 9.95. The third-order valence-electron chi connectivity index (χ3n) is 3.71. The number of hydrogen-bond acceptors (Lipinski definition) is 5. The first kappa shape index (κ1) is 13.6. The number of methoxy groups -OCH3 is 1. The summed E-state index contributed by atoms with van der Waals surface area (Å²) in [7, 11) is 1.43. The molecule has 0 aromatic heterocycles. The molecule has 1 aliphatic carbocycles. The number of rotatable bonds is 6. The van der Waals surface area contributed by atoms with Gasteiger partial charge in [0, 0.05) is 29.9 Å². The first-order chi connectivity index (χ1) is 9.00. The van der Waals surface area contributed by atoms with Crippen molar-refractivity contribution < 1.29 is 9.66 Å². The van der Waals surface area contributed by atoms with E-state index < -0.39 is 4.92 Å². The molecule has 1 aromatic rings. The number of nitrogens with one attached hydrogen (secondary N) is 1. The molecular weight excluding hydrogens is 246 g/mol. The van der Waals surface area contributed by atoms with Gasteiger partial charge in [0.05, 0.1) is 12.0 Å². The fraction of sp³-hybridized carbons (Fsp3) is 0.538. The topological polar surface area (TPSA) is 90.4 Å². The Balaban J connectivity index is 2.23. The van der Waals surface area contributed by atoms with E-state index in [0.717, 1.165) is 5.69 Å². The van der Waals surface area contributed by atoms with Crippen molar-refractivity contribution >= 4 is 11.4 Å². The van der Waals surface area contributed by atoms with E-state index in [1.54, 1.807) is 12.1 Å². The molecule has 0 aliphatic heterocycles. The van der Waals surface area contributed by atoms with Crippen LogP contribution in [0, 0.1) is 16.0 Å². The van der Waals surface area contributed by atoms with Gasteiger partial charge in [-0.15, -0.1) is 0 Å². The summed E-state index contributed by atoms with van der Waals surface area (Å²) in [4.78, 5) is 10.4. The zero-order chi connectivity index (χ0) is 14.0. The molecule has 1 saturated carbocycles. The van der Waals surface area contributed by atoms with Crippen molar-refractivity contribution in [3.63, 3.8) is 0 Å². The summed E-state index contributed by atoms with van der Waals surface area (Å²) in [5.41, 5.74) is 6.44. The maximum Gasteiger partial charge on any atom is 0.311 e. The first-order valence-corrected chi connectivity index (χ1v) is 6.31. The van der Waals surface area contributed by atoms with Crippen LogP contribution in [-0.2, 0) is 0 Å². The van der Waals surface area contributed by atoms with Crippen LogP contribution >= 0.6 is 0 Å². The molecule has 19 heavy (non-hydrogen) atoms. The number of nitro groups is 1. The minimum atomic E-state index is -0.453. The van der Waals surface area contributed by atoms with E-state index in [9.17, 15) is 10.1 Å². The quantitative estimate of drug-likeness (QED) is 0.607. The highest BCUT2D eigenvalue weighted by atomic mass is 16.6. The maximum absolute atomic E-state index is 10.8. The molecule has 1 atom stereocenters. The number of nitrogens with zero attached hydrogens (tertiary/aromatic N) is 1. The highest BCUT2D eigenvalue weighted by Gasteiger charge is 2.40. The third kappa shape index (κ3) is 2.78. The Morgan fingerprint density at radius 3 is 2.74 bits per heavy atom. The normalized spacial score (nSPS) is 17.6. The van der Waals surface area contributed by atoms with E-state index in [1.807, 2.05) is 0 Å². The molecule has 0 spiro atoms. The zero-order valence-corrected chi connectivity index (χ0v) is 11.2. The minimum absolute atomic E-state index is 0.0334. The molecule has 0 radical (unpaired) electrons. The van der Waals surface area contributed by atoms with Crippen LogP contribution in [0.3, 0.4) is 0 Å². The van der Waals surface area contributed by atoms with E-state index in [-0.39, 0.29) is 17.0 Å². The molecule has 2 rings (SSSR count). The number of anilines is 1. The zero-order valence-electron chi connectivity index (χ0n) is 11.2. The van der Waals surface area contributed by atoms with E-state index in [1.165, 1.54) is 26.0 Å². The number of benzene rings is 1. The van der Waals surface area contributed by atoms with Crippen LogP contribution < -0.4 is 15.8 Å². The number of hydrogen-bond donors (Lipinski definition) is 2. The highest BCUT2D eigenvalue weighted by molar-refractivity contribution is 5.59. The van der Waals surface area contributed by atoms with Crippen LogP contribution in [0.4, 0.5) is 11.4 Å². The van der Waals surface area contributed by atoms with Gasteiger partial charge in [0.2, 0.25) is 0 Å². The Bertz CT molecular complexity index is 488. The van der Waals surface area contributed by atoms with Gasteiger partial charge in [-0.05, 0) is 31.7 Å². The predicted molar refractivity (Wildman–Crippen MR) is 73.5 cm³/mol. The molecule has 1 aromatic carbocycles. The van der Waals surface area contributed by atoms with Crippen molar-refractivity contribution in [2.24, 2.45) is 11.7 Å². The van der Waals surface area contributed by atoms with E-state index in [4.69, 9.17) is 10.5 Å². The standard InChI is InChI=1S/C13H19N3O3/c1-13(8-14,9-3-4-9)15-10-5-6-11(16(17)18)12(7-10)19-2/h5-7,9,15H,3-4,8,14H2,1-2H3. The Hall–Kier alpha value is -1.82. The highest BCUT2D eigenvalue weighted by Crippen LogP contribution is 2.41. The van der Waals surface area contributed by atoms with Gasteiger partial charge in [0.1, 0.15) is 0 Å². The Morgan fingerprint density at radius 2 is 2.26 bits per heavy atom. The molecule has 1 fully saturated rings. The van der Waals surface area contributed by atoms with Gasteiger partial charge in [-0.3, -0.25) is 10.1 Å². The van der Waals surface area contributed by atoms with Gasteiger partial charge in [0.15, 0.2) is 5.75 Å². The molecular formula is C13H19N3O3. The lowest BCUT2D eigenvalue weighted by Gasteiger charge is -2.30. The van der Waals surface area contributed by atoms with Crippen molar-refractivity contribution in [2.75, 3.05) is 19.0 Å². The molecule has 1 aliphatic rings. The Kier molecular flexibility index (Phi) is 3.61. The second-order valence-corrected chi connectivity index (χ2v) is 5.16. The number of nitro benzene ring substituents is 1. The average molecular weight is 265 g/mol. The number of ether oxygens (including phenoxy) is 1. The molecule has 3 N–H and O–H groups in total. The SMILES string of the molecule is COc1cc(NC(C)(CN)C2CC2)ccc1[N+](=O)[O-]. The van der Waals surface area contributed by atoms with Gasteiger partial charge < -0.3 is 15.8 Å². The van der Waals surface area contributed by atoms with Gasteiger partial charge in [0.25, 0.3) is 0 Å². The Labute approximate surface area is 112 Å². The number of nitrogens with two attached hydrogens (primary N) is 1. The van der Waals surface area contributed by atoms with E-state index >= 15 is 0 Å². The fourth-order valence-electron chi connectivity index (χ4n) is 2.28. The molecule has 0 bridgehead atoms. The monoisotopic (exact) mass is 265 g/mol. The predicted octanol–water partition coefficient (Wildman–Crippen LogP) is 2.14. The lowest BCUT2D eigenvalue weighted by Crippen LogP contribution is -2.44. The lowest BCUT2D eigenvalue weighted by molar-refractivity contribution is -0.385. The van der Waals surface area contributed by atoms with Gasteiger partial charge in [-0.1, -0.05) is 0 Å². The molecule has 104 valence electrons. The summed E-state index contributed by atoms with van der Waals surface area (Å²) in [6, 6.07) is 4.79. The summed E-state index contributed by atoms with van der Waals surface area (Å²) in [6.07, 6.45) is 2.34. The smallest absolute Gasteiger partial charge is 0.311 e. The first-order valence-electron chi connectivity index (χ1n) is 6.31. The third-order valence-corrected chi connectivity index (χ3v) is 3.71. The van der Waals surface area contributed by atoms with Gasteiger partial charge in [-0.2, -0.15) is 0 Å². The molecule has 6 nitrogen and oxygen atoms in total. The van der Waals surface area contributed by atoms with Crippen LogP contribution in [0.1, 0.15) is 19.8 Å². The fourth-order valence-corrected chi connectivity index (χ4v) is 2.28. The largest absolute Gasteiger partial charge is 0.490 e. The van der Waals surface area contributed by atoms with Crippen molar-refractivity contribution in [1.82, 2.24) is 0 Å². The molecule has 0 saturated heterocycles. The summed E-state index contributed by atoms with van der Waals surface area (Å²) >= 11 is 0. The van der Waals surface area contributed by atoms with Crippen LogP contribution in [0.2, 0.25) is 0 Å². The minimum Gasteiger partial charge on any atom is -0.490 e. The molecule has 0 heterocycles. The van der Waals surface area contributed by atoms with E-state index in [0.29, 0.717) is 12.5 Å². The van der Waals surface area contributed by atoms with Crippen LogP contribution in [0.25, 0.3) is 0 Å². The van der Waals surface area contributed by atoms with Gasteiger partial charge in [-0.25, -0.2) is 0 Å². The summed E-state index contributed by atoms with van der Waals surface area (Å²) in [5.74, 6) is 0.823. The van der Waals surface area contributed by atoms with Crippen LogP contribution in [0.15, 0.2) is 18.2 Å². The molecule has 6 heteroatoms. The van der Waals surface area contributed by atoms with Crippen molar-refractivity contribution in [3.8, 4) is 5.75 Å². The van der Waals surface area contributed by atoms with Crippen molar-refractivity contribution in [2.45, 2.75) is 25.3 Å². The maximum atomic E-state index is 10.8. The second-order valence-electron chi connectivity index (χ2n) is 5.16. The van der Waals surface area contributed by atoms with Gasteiger partial charge >= 0.3 is 5.69 Å². The Morgan fingerprint density at radius 1 is 1.58 bits per heavy atom. The summed E-state index contributed by atoms with van der Waals surface area (Å²) in [6.45, 7) is 2.61. The average Bonchev–Trinajstić information content (AvgIpc) is 3.22. The second kappa shape index (κ2) is 5.05. The van der Waals surface area contributed by atoms with Crippen LogP contribution in [-0.4, -0.2) is 24.1 Å².